The van der Waals surface area contributed by atoms with Crippen molar-refractivity contribution in [2.45, 2.75) is 32.2 Å². The van der Waals surface area contributed by atoms with Crippen molar-refractivity contribution in [3.63, 3.8) is 0 Å². The van der Waals surface area contributed by atoms with E-state index in [1.807, 2.05) is 0 Å². The molecule has 0 radical (unpaired) electrons. The van der Waals surface area contributed by atoms with E-state index in [1.54, 1.807) is 6.07 Å². The minimum Gasteiger partial charge on any atom is -0.496 e. The summed E-state index contributed by atoms with van der Waals surface area (Å²) in [6, 6.07) is 4.43. The second-order valence-corrected chi connectivity index (χ2v) is 3.63. The zero-order chi connectivity index (χ0) is 11.3. The number of halogens is 1. The Labute approximate surface area is 90.2 Å². The van der Waals surface area contributed by atoms with Crippen LogP contribution < -0.4 is 10.5 Å². The molecule has 1 rings (SSSR count). The highest BCUT2D eigenvalue weighted by Crippen LogP contribution is 2.27. The van der Waals surface area contributed by atoms with Crippen LogP contribution in [0, 0.1) is 5.82 Å². The molecule has 1 aromatic carbocycles. The van der Waals surface area contributed by atoms with E-state index in [2.05, 4.69) is 6.92 Å². The Morgan fingerprint density at radius 3 is 2.80 bits per heavy atom. The van der Waals surface area contributed by atoms with Gasteiger partial charge in [0.05, 0.1) is 7.11 Å². The molecule has 0 heterocycles. The maximum Gasteiger partial charge on any atom is 0.126 e. The zero-order valence-electron chi connectivity index (χ0n) is 9.29. The molecule has 2 nitrogen and oxygen atoms in total. The molecule has 0 aliphatic carbocycles. The summed E-state index contributed by atoms with van der Waals surface area (Å²) in [6.45, 7) is 2.12. The third-order valence-corrected chi connectivity index (χ3v) is 2.46. The highest BCUT2D eigenvalue weighted by molar-refractivity contribution is 5.36. The van der Waals surface area contributed by atoms with Crippen LogP contribution >= 0.6 is 0 Å². The summed E-state index contributed by atoms with van der Waals surface area (Å²) in [6.07, 6.45) is 3.08. The summed E-state index contributed by atoms with van der Waals surface area (Å²) in [5, 5.41) is 0. The van der Waals surface area contributed by atoms with Gasteiger partial charge < -0.3 is 10.5 Å². The van der Waals surface area contributed by atoms with Gasteiger partial charge in [-0.3, -0.25) is 0 Å². The van der Waals surface area contributed by atoms with Crippen molar-refractivity contribution < 1.29 is 9.13 Å². The summed E-state index contributed by atoms with van der Waals surface area (Å²) in [7, 11) is 1.53. The van der Waals surface area contributed by atoms with E-state index in [1.165, 1.54) is 19.2 Å². The Balaban J connectivity index is 2.82. The van der Waals surface area contributed by atoms with Crippen LogP contribution in [-0.2, 0) is 0 Å². The summed E-state index contributed by atoms with van der Waals surface area (Å²) >= 11 is 0. The molecule has 84 valence electrons. The van der Waals surface area contributed by atoms with Crippen molar-refractivity contribution in [1.82, 2.24) is 0 Å². The minimum atomic E-state index is -0.293. The summed E-state index contributed by atoms with van der Waals surface area (Å²) in [5.41, 5.74) is 6.89. The van der Waals surface area contributed by atoms with E-state index < -0.39 is 0 Å². The van der Waals surface area contributed by atoms with Gasteiger partial charge in [-0.2, -0.15) is 0 Å². The second-order valence-electron chi connectivity index (χ2n) is 3.63. The molecule has 1 aromatic rings. The predicted molar refractivity (Wildman–Crippen MR) is 59.4 cm³/mol. The third-order valence-electron chi connectivity index (χ3n) is 2.46. The maximum absolute atomic E-state index is 12.9. The quantitative estimate of drug-likeness (QED) is 0.812. The topological polar surface area (TPSA) is 35.2 Å². The SMILES string of the molecule is CCCC[C@H](N)c1ccc(F)cc1OC. The molecular formula is C12H18FNO. The van der Waals surface area contributed by atoms with Gasteiger partial charge in [0.2, 0.25) is 0 Å². The number of nitrogens with two attached hydrogens (primary N) is 1. The number of rotatable bonds is 5. The normalized spacial score (nSPS) is 12.5. The first kappa shape index (κ1) is 12.0. The number of benzene rings is 1. The molecule has 0 saturated carbocycles. The summed E-state index contributed by atoms with van der Waals surface area (Å²) in [4.78, 5) is 0. The molecule has 0 bridgehead atoms. The highest BCUT2D eigenvalue weighted by Gasteiger charge is 2.11. The van der Waals surface area contributed by atoms with Gasteiger partial charge in [-0.15, -0.1) is 0 Å². The average Bonchev–Trinajstić information content (AvgIpc) is 2.25. The lowest BCUT2D eigenvalue weighted by molar-refractivity contribution is 0.400. The van der Waals surface area contributed by atoms with Gasteiger partial charge in [0.15, 0.2) is 0 Å². The molecule has 15 heavy (non-hydrogen) atoms. The van der Waals surface area contributed by atoms with Crippen LogP contribution in [0.25, 0.3) is 0 Å². The smallest absolute Gasteiger partial charge is 0.126 e. The van der Waals surface area contributed by atoms with E-state index in [0.29, 0.717) is 5.75 Å². The molecule has 0 fully saturated rings. The van der Waals surface area contributed by atoms with E-state index >= 15 is 0 Å². The van der Waals surface area contributed by atoms with E-state index in [9.17, 15) is 4.39 Å². The molecule has 2 N–H and O–H groups in total. The van der Waals surface area contributed by atoms with Crippen LogP contribution in [0.5, 0.6) is 5.75 Å². The number of methoxy groups -OCH3 is 1. The highest BCUT2D eigenvalue weighted by atomic mass is 19.1. The van der Waals surface area contributed by atoms with Gasteiger partial charge in [-0.25, -0.2) is 4.39 Å². The number of ether oxygens (including phenoxy) is 1. The van der Waals surface area contributed by atoms with Crippen molar-refractivity contribution in [2.75, 3.05) is 7.11 Å². The van der Waals surface area contributed by atoms with Crippen LogP contribution in [-0.4, -0.2) is 7.11 Å². The lowest BCUT2D eigenvalue weighted by atomic mass is 10.0. The van der Waals surface area contributed by atoms with Crippen LogP contribution in [0.2, 0.25) is 0 Å². The standard InChI is InChI=1S/C12H18FNO/c1-3-4-5-11(14)10-7-6-9(13)8-12(10)15-2/h6-8,11H,3-5,14H2,1-2H3/t11-/m0/s1. The lowest BCUT2D eigenvalue weighted by Crippen LogP contribution is -2.11. The number of hydrogen-bond donors (Lipinski definition) is 1. The molecule has 1 atom stereocenters. The lowest BCUT2D eigenvalue weighted by Gasteiger charge is -2.15. The largest absolute Gasteiger partial charge is 0.496 e. The Morgan fingerprint density at radius 2 is 2.20 bits per heavy atom. The average molecular weight is 211 g/mol. The van der Waals surface area contributed by atoms with E-state index in [0.717, 1.165) is 24.8 Å². The Morgan fingerprint density at radius 1 is 1.47 bits per heavy atom. The molecule has 0 spiro atoms. The van der Waals surface area contributed by atoms with E-state index in [-0.39, 0.29) is 11.9 Å². The fraction of sp³-hybridized carbons (Fsp3) is 0.500. The number of hydrogen-bond acceptors (Lipinski definition) is 2. The van der Waals surface area contributed by atoms with E-state index in [4.69, 9.17) is 10.5 Å². The molecule has 0 unspecified atom stereocenters. The first-order chi connectivity index (χ1) is 7.19. The fourth-order valence-corrected chi connectivity index (χ4v) is 1.57. The minimum absolute atomic E-state index is 0.0690. The van der Waals surface area contributed by atoms with Gasteiger partial charge >= 0.3 is 0 Å². The van der Waals surface area contributed by atoms with Crippen molar-refractivity contribution >= 4 is 0 Å². The Bertz CT molecular complexity index is 314. The van der Waals surface area contributed by atoms with Crippen molar-refractivity contribution in [2.24, 2.45) is 5.73 Å². The molecule has 0 saturated heterocycles. The molecule has 0 aromatic heterocycles. The van der Waals surface area contributed by atoms with Crippen LogP contribution in [0.4, 0.5) is 4.39 Å². The first-order valence-corrected chi connectivity index (χ1v) is 5.28. The fourth-order valence-electron chi connectivity index (χ4n) is 1.57. The third kappa shape index (κ3) is 3.20. The monoisotopic (exact) mass is 211 g/mol. The summed E-state index contributed by atoms with van der Waals surface area (Å²) in [5.74, 6) is 0.247. The Kier molecular flexibility index (Phi) is 4.56. The van der Waals surface area contributed by atoms with Crippen molar-refractivity contribution in [3.05, 3.63) is 29.6 Å². The number of unbranched alkanes of at least 4 members (excludes halogenated alkanes) is 1. The molecular weight excluding hydrogens is 193 g/mol. The molecule has 0 amide bonds. The van der Waals surface area contributed by atoms with Crippen LogP contribution in [0.15, 0.2) is 18.2 Å². The van der Waals surface area contributed by atoms with Gasteiger partial charge in [-0.1, -0.05) is 25.8 Å². The summed E-state index contributed by atoms with van der Waals surface area (Å²) < 4.78 is 18.0. The molecule has 0 aliphatic heterocycles. The zero-order valence-corrected chi connectivity index (χ0v) is 9.29. The molecule has 0 aliphatic rings. The van der Waals surface area contributed by atoms with Crippen molar-refractivity contribution in [3.8, 4) is 5.75 Å². The van der Waals surface area contributed by atoms with Crippen LogP contribution in [0.3, 0.4) is 0 Å². The van der Waals surface area contributed by atoms with Gasteiger partial charge in [0.1, 0.15) is 11.6 Å². The van der Waals surface area contributed by atoms with Gasteiger partial charge in [0, 0.05) is 17.7 Å². The predicted octanol–water partition coefficient (Wildman–Crippen LogP) is 3.02. The second kappa shape index (κ2) is 5.71. The first-order valence-electron chi connectivity index (χ1n) is 5.28. The Hall–Kier alpha value is -1.09. The van der Waals surface area contributed by atoms with Crippen molar-refractivity contribution in [1.29, 1.82) is 0 Å². The molecule has 3 heteroatoms. The van der Waals surface area contributed by atoms with Gasteiger partial charge in [-0.05, 0) is 12.5 Å². The van der Waals surface area contributed by atoms with Gasteiger partial charge in [0.25, 0.3) is 0 Å². The maximum atomic E-state index is 12.9. The van der Waals surface area contributed by atoms with Crippen LogP contribution in [0.1, 0.15) is 37.8 Å².